The number of carbonyl (C=O) groups is 4. The van der Waals surface area contributed by atoms with Crippen LogP contribution in [-0.2, 0) is 32.0 Å². The second-order valence-corrected chi connectivity index (χ2v) is 14.8. The Kier molecular flexibility index (Phi) is 14.7. The standard InChI is InChI=1S/C38H54N6O7/c1-37(2,3)31(41-35(48)50-7)33(46)40-29(22-25-14-10-9-11-15-25)30(45)24-44(43-34(47)32(38(4,5)6)42-36(49)51-8)23-26-17-19-27(20-18-26)28-16-12-13-21-39-28/h9-11,14-21,29-32,45H,12-13,22-24H2,1-8H3,(H,40,46)(H,41,48)(H,42,49)(H,43,47)/t29-,30-,31+,32+/m0/s1. The summed E-state index contributed by atoms with van der Waals surface area (Å²) in [5.74, 6) is -1.02. The van der Waals surface area contributed by atoms with Crippen molar-refractivity contribution in [2.45, 2.75) is 91.6 Å². The molecule has 5 N–H and O–H groups in total. The second kappa shape index (κ2) is 18.5. The van der Waals surface area contributed by atoms with Crippen molar-refractivity contribution in [3.8, 4) is 0 Å². The minimum atomic E-state index is -1.21. The maximum Gasteiger partial charge on any atom is 0.407 e. The molecule has 1 aliphatic heterocycles. The SMILES string of the molecule is COC(=O)N[C@H](C(=O)N[C@@H](Cc1ccccc1)[C@@H](O)CN(Cc1ccc(C2=CCCC=N2)cc1)NC(=O)[C@@H](NC(=O)OC)C(C)(C)C)C(C)(C)C. The number of amides is 4. The Morgan fingerprint density at radius 2 is 1.35 bits per heavy atom. The lowest BCUT2D eigenvalue weighted by Gasteiger charge is -2.35. The van der Waals surface area contributed by atoms with Crippen LogP contribution in [0.25, 0.3) is 5.70 Å². The molecule has 4 atom stereocenters. The van der Waals surface area contributed by atoms with Gasteiger partial charge in [-0.1, -0.05) is 102 Å². The zero-order valence-electron chi connectivity index (χ0n) is 31.0. The van der Waals surface area contributed by atoms with Crippen molar-refractivity contribution in [1.29, 1.82) is 0 Å². The summed E-state index contributed by atoms with van der Waals surface area (Å²) < 4.78 is 9.55. The summed E-state index contributed by atoms with van der Waals surface area (Å²) in [6.07, 6.45) is 3.34. The fourth-order valence-electron chi connectivity index (χ4n) is 5.55. The molecule has 0 fully saturated rings. The van der Waals surface area contributed by atoms with Crippen LogP contribution in [0.1, 0.15) is 71.1 Å². The van der Waals surface area contributed by atoms with E-state index in [-0.39, 0.29) is 19.5 Å². The van der Waals surface area contributed by atoms with E-state index >= 15 is 0 Å². The van der Waals surface area contributed by atoms with Gasteiger partial charge in [0.25, 0.3) is 5.91 Å². The number of hydrazine groups is 1. The molecule has 278 valence electrons. The molecule has 0 aliphatic carbocycles. The number of ether oxygens (including phenoxy) is 2. The Morgan fingerprint density at radius 3 is 1.86 bits per heavy atom. The molecule has 1 heterocycles. The highest BCUT2D eigenvalue weighted by atomic mass is 16.5. The quantitative estimate of drug-likeness (QED) is 0.181. The first kappa shape index (κ1) is 40.7. The van der Waals surface area contributed by atoms with Gasteiger partial charge in [0.2, 0.25) is 5.91 Å². The van der Waals surface area contributed by atoms with Crippen LogP contribution in [0.15, 0.2) is 65.7 Å². The molecule has 13 nitrogen and oxygen atoms in total. The topological polar surface area (TPSA) is 171 Å². The first-order valence-electron chi connectivity index (χ1n) is 17.1. The number of nitrogens with zero attached hydrogens (tertiary/aromatic N) is 2. The average Bonchev–Trinajstić information content (AvgIpc) is 3.08. The average molecular weight is 707 g/mol. The van der Waals surface area contributed by atoms with E-state index in [0.717, 1.165) is 35.2 Å². The molecule has 0 saturated carbocycles. The number of hydrogen-bond acceptors (Lipinski definition) is 9. The number of allylic oxidation sites excluding steroid dienone is 1. The summed E-state index contributed by atoms with van der Waals surface area (Å²) in [5, 5.41) is 21.6. The van der Waals surface area contributed by atoms with E-state index in [9.17, 15) is 24.3 Å². The van der Waals surface area contributed by atoms with Crippen LogP contribution in [-0.4, -0.2) is 85.3 Å². The Hall–Kier alpha value is -4.75. The number of nitrogens with one attached hydrogen (secondary N) is 4. The monoisotopic (exact) mass is 706 g/mol. The van der Waals surface area contributed by atoms with Gasteiger partial charge < -0.3 is 30.5 Å². The van der Waals surface area contributed by atoms with Crippen molar-refractivity contribution < 1.29 is 33.8 Å². The van der Waals surface area contributed by atoms with E-state index in [1.165, 1.54) is 14.2 Å². The van der Waals surface area contributed by atoms with Crippen molar-refractivity contribution in [3.63, 3.8) is 0 Å². The molecule has 2 aromatic rings. The van der Waals surface area contributed by atoms with E-state index in [1.807, 2.05) is 102 Å². The first-order valence-corrected chi connectivity index (χ1v) is 17.1. The molecule has 0 radical (unpaired) electrons. The lowest BCUT2D eigenvalue weighted by Crippen LogP contribution is -2.60. The Bertz CT molecular complexity index is 1530. The number of benzene rings is 2. The van der Waals surface area contributed by atoms with Crippen LogP contribution >= 0.6 is 0 Å². The fraction of sp³-hybridized carbons (Fsp3) is 0.500. The molecule has 0 saturated heterocycles. The summed E-state index contributed by atoms with van der Waals surface area (Å²) in [6, 6.07) is 14.3. The van der Waals surface area contributed by atoms with Crippen LogP contribution in [0.4, 0.5) is 9.59 Å². The molecule has 4 amide bonds. The van der Waals surface area contributed by atoms with Crippen molar-refractivity contribution in [1.82, 2.24) is 26.4 Å². The van der Waals surface area contributed by atoms with Crippen LogP contribution < -0.4 is 21.4 Å². The van der Waals surface area contributed by atoms with Crippen LogP contribution in [0.5, 0.6) is 0 Å². The molecule has 51 heavy (non-hydrogen) atoms. The predicted molar refractivity (Wildman–Crippen MR) is 196 cm³/mol. The molecular weight excluding hydrogens is 652 g/mol. The van der Waals surface area contributed by atoms with Gasteiger partial charge in [0, 0.05) is 19.3 Å². The minimum absolute atomic E-state index is 0.111. The summed E-state index contributed by atoms with van der Waals surface area (Å²) in [6.45, 7) is 10.9. The minimum Gasteiger partial charge on any atom is -0.453 e. The number of aliphatic hydroxyl groups excluding tert-OH is 1. The van der Waals surface area contributed by atoms with Gasteiger partial charge in [0.1, 0.15) is 12.1 Å². The molecule has 0 aromatic heterocycles. The number of aliphatic hydroxyl groups is 1. The van der Waals surface area contributed by atoms with Gasteiger partial charge in [-0.05, 0) is 46.8 Å². The lowest BCUT2D eigenvalue weighted by molar-refractivity contribution is -0.132. The molecule has 0 spiro atoms. The third-order valence-electron chi connectivity index (χ3n) is 8.40. The Labute approximate surface area is 301 Å². The second-order valence-electron chi connectivity index (χ2n) is 14.8. The predicted octanol–water partition coefficient (Wildman–Crippen LogP) is 4.36. The number of alkyl carbamates (subject to hydrolysis) is 2. The van der Waals surface area contributed by atoms with E-state index in [4.69, 9.17) is 9.47 Å². The third-order valence-corrected chi connectivity index (χ3v) is 8.40. The third kappa shape index (κ3) is 12.8. The van der Waals surface area contributed by atoms with Gasteiger partial charge in [-0.2, -0.15) is 0 Å². The number of carbonyl (C=O) groups excluding carboxylic acids is 4. The number of aliphatic imine (C=N–C) groups is 1. The summed E-state index contributed by atoms with van der Waals surface area (Å²) in [4.78, 5) is 56.4. The first-order chi connectivity index (χ1) is 24.0. The van der Waals surface area contributed by atoms with E-state index in [1.54, 1.807) is 5.01 Å². The lowest BCUT2D eigenvalue weighted by atomic mass is 9.85. The van der Waals surface area contributed by atoms with Gasteiger partial charge in [-0.25, -0.2) is 14.6 Å². The van der Waals surface area contributed by atoms with Gasteiger partial charge in [-0.15, -0.1) is 0 Å². The van der Waals surface area contributed by atoms with Gasteiger partial charge in [0.05, 0.1) is 32.1 Å². The summed E-state index contributed by atoms with van der Waals surface area (Å²) in [7, 11) is 2.44. The summed E-state index contributed by atoms with van der Waals surface area (Å²) in [5.41, 5.74) is 5.06. The molecule has 0 bridgehead atoms. The Morgan fingerprint density at radius 1 is 0.784 bits per heavy atom. The highest BCUT2D eigenvalue weighted by Gasteiger charge is 2.37. The van der Waals surface area contributed by atoms with Gasteiger partial charge in [-0.3, -0.25) is 20.0 Å². The fourth-order valence-corrected chi connectivity index (χ4v) is 5.55. The van der Waals surface area contributed by atoms with E-state index in [0.29, 0.717) is 0 Å². The van der Waals surface area contributed by atoms with E-state index < -0.39 is 59.1 Å². The zero-order valence-corrected chi connectivity index (χ0v) is 31.0. The van der Waals surface area contributed by atoms with Crippen LogP contribution in [0.2, 0.25) is 0 Å². The molecule has 2 aromatic carbocycles. The largest absolute Gasteiger partial charge is 0.453 e. The molecular formula is C38H54N6O7. The highest BCUT2D eigenvalue weighted by Crippen LogP contribution is 2.23. The highest BCUT2D eigenvalue weighted by molar-refractivity contribution is 5.87. The molecule has 0 unspecified atom stereocenters. The number of methoxy groups -OCH3 is 2. The van der Waals surface area contributed by atoms with Crippen molar-refractivity contribution >= 4 is 35.9 Å². The van der Waals surface area contributed by atoms with Gasteiger partial charge in [0.15, 0.2) is 0 Å². The van der Waals surface area contributed by atoms with Crippen molar-refractivity contribution in [2.75, 3.05) is 20.8 Å². The maximum absolute atomic E-state index is 13.8. The van der Waals surface area contributed by atoms with Crippen molar-refractivity contribution in [2.24, 2.45) is 15.8 Å². The van der Waals surface area contributed by atoms with Gasteiger partial charge >= 0.3 is 12.2 Å². The molecule has 13 heteroatoms. The normalized spacial score (nSPS) is 15.5. The maximum atomic E-state index is 13.8. The van der Waals surface area contributed by atoms with Crippen LogP contribution in [0, 0.1) is 10.8 Å². The molecule has 3 rings (SSSR count). The van der Waals surface area contributed by atoms with Crippen LogP contribution in [0.3, 0.4) is 0 Å². The molecule has 1 aliphatic rings. The Balaban J connectivity index is 1.95. The van der Waals surface area contributed by atoms with Crippen molar-refractivity contribution in [3.05, 3.63) is 77.4 Å². The number of hydrogen-bond donors (Lipinski definition) is 5. The van der Waals surface area contributed by atoms with E-state index in [2.05, 4.69) is 32.4 Å². The number of rotatable bonds is 14. The summed E-state index contributed by atoms with van der Waals surface area (Å²) >= 11 is 0. The smallest absolute Gasteiger partial charge is 0.407 e. The zero-order chi connectivity index (χ0) is 37.8.